The van der Waals surface area contributed by atoms with Gasteiger partial charge in [-0.2, -0.15) is 0 Å². The number of thiazole rings is 1. The molecule has 2 amide bonds. The van der Waals surface area contributed by atoms with E-state index in [1.54, 1.807) is 7.11 Å². The number of benzene rings is 1. The van der Waals surface area contributed by atoms with Gasteiger partial charge in [-0.3, -0.25) is 19.4 Å². The predicted molar refractivity (Wildman–Crippen MR) is 131 cm³/mol. The fourth-order valence-electron chi connectivity index (χ4n) is 4.30. The number of hydrogen-bond donors (Lipinski definition) is 1. The van der Waals surface area contributed by atoms with Crippen LogP contribution in [0.1, 0.15) is 25.7 Å². The first kappa shape index (κ1) is 23.7. The van der Waals surface area contributed by atoms with Gasteiger partial charge in [0.1, 0.15) is 5.75 Å². The molecule has 2 aliphatic heterocycles. The van der Waals surface area contributed by atoms with Gasteiger partial charge in [-0.15, -0.1) is 11.3 Å². The quantitative estimate of drug-likeness (QED) is 0.669. The van der Waals surface area contributed by atoms with Crippen molar-refractivity contribution < 1.29 is 14.3 Å². The number of methoxy groups -OCH3 is 1. The summed E-state index contributed by atoms with van der Waals surface area (Å²) in [5.41, 5.74) is 1.82. The number of rotatable bonds is 7. The number of piperazine rings is 1. The molecule has 2 aliphatic rings. The average molecular weight is 472 g/mol. The maximum Gasteiger partial charge on any atom is 0.240 e. The first-order chi connectivity index (χ1) is 16.1. The first-order valence-corrected chi connectivity index (χ1v) is 12.6. The van der Waals surface area contributed by atoms with Gasteiger partial charge >= 0.3 is 0 Å². The number of carbonyl (C=O) groups excluding carboxylic acids is 2. The van der Waals surface area contributed by atoms with Crippen molar-refractivity contribution in [2.24, 2.45) is 0 Å². The van der Waals surface area contributed by atoms with E-state index in [9.17, 15) is 9.59 Å². The number of ether oxygens (including phenoxy) is 1. The fourth-order valence-corrected chi connectivity index (χ4v) is 5.04. The largest absolute Gasteiger partial charge is 0.497 e. The van der Waals surface area contributed by atoms with Crippen molar-refractivity contribution in [1.82, 2.24) is 19.7 Å². The van der Waals surface area contributed by atoms with Crippen molar-refractivity contribution in [2.45, 2.75) is 25.7 Å². The lowest BCUT2D eigenvalue weighted by molar-refractivity contribution is -0.133. The van der Waals surface area contributed by atoms with Gasteiger partial charge in [0.15, 0.2) is 5.13 Å². The van der Waals surface area contributed by atoms with Crippen LogP contribution in [0.25, 0.3) is 11.3 Å². The number of carbonyl (C=O) groups is 2. The zero-order valence-corrected chi connectivity index (χ0v) is 20.1. The van der Waals surface area contributed by atoms with Gasteiger partial charge in [0.2, 0.25) is 11.8 Å². The minimum absolute atomic E-state index is 0.0558. The molecule has 8 nitrogen and oxygen atoms in total. The highest BCUT2D eigenvalue weighted by molar-refractivity contribution is 7.14. The van der Waals surface area contributed by atoms with Crippen molar-refractivity contribution in [2.75, 3.05) is 64.8 Å². The standard InChI is InChI=1S/C24H33N5O3S/c1-32-20-8-6-19(7-9-20)21-18-33-24(25-21)26-22(30)16-27-12-14-28(15-13-27)17-23(31)29-10-4-2-3-5-11-29/h6-9,18H,2-5,10-17H2,1H3,(H,25,26,30). The number of nitrogens with one attached hydrogen (secondary N) is 1. The van der Waals surface area contributed by atoms with Crippen LogP contribution in [-0.4, -0.2) is 91.0 Å². The smallest absolute Gasteiger partial charge is 0.240 e. The second-order valence-corrected chi connectivity index (χ2v) is 9.52. The Morgan fingerprint density at radius 2 is 1.58 bits per heavy atom. The zero-order chi connectivity index (χ0) is 23.0. The van der Waals surface area contributed by atoms with Crippen LogP contribution < -0.4 is 10.1 Å². The Labute approximate surface area is 199 Å². The number of aromatic nitrogens is 1. The second kappa shape index (κ2) is 11.6. The molecule has 33 heavy (non-hydrogen) atoms. The average Bonchev–Trinajstić information content (AvgIpc) is 3.11. The third kappa shape index (κ3) is 6.75. The summed E-state index contributed by atoms with van der Waals surface area (Å²) in [5.74, 6) is 0.994. The van der Waals surface area contributed by atoms with Crippen LogP contribution in [0.15, 0.2) is 29.6 Å². The first-order valence-electron chi connectivity index (χ1n) is 11.7. The van der Waals surface area contributed by atoms with Crippen molar-refractivity contribution in [1.29, 1.82) is 0 Å². The third-order valence-electron chi connectivity index (χ3n) is 6.29. The Morgan fingerprint density at radius 1 is 0.939 bits per heavy atom. The number of likely N-dealkylation sites (tertiary alicyclic amines) is 1. The molecule has 3 heterocycles. The van der Waals surface area contributed by atoms with Gasteiger partial charge in [-0.25, -0.2) is 4.98 Å². The summed E-state index contributed by atoms with van der Waals surface area (Å²) in [6, 6.07) is 7.70. The molecule has 9 heteroatoms. The van der Waals surface area contributed by atoms with E-state index in [0.717, 1.165) is 69.1 Å². The minimum atomic E-state index is -0.0558. The van der Waals surface area contributed by atoms with E-state index >= 15 is 0 Å². The van der Waals surface area contributed by atoms with Gasteiger partial charge < -0.3 is 15.0 Å². The molecular formula is C24H33N5O3S. The Morgan fingerprint density at radius 3 is 2.21 bits per heavy atom. The molecule has 0 spiro atoms. The SMILES string of the molecule is COc1ccc(-c2csc(NC(=O)CN3CCN(CC(=O)N4CCCCCC4)CC3)n2)cc1. The number of anilines is 1. The Bertz CT molecular complexity index is 916. The normalized spacial score (nSPS) is 18.0. The zero-order valence-electron chi connectivity index (χ0n) is 19.3. The van der Waals surface area contributed by atoms with Crippen LogP contribution in [0.3, 0.4) is 0 Å². The van der Waals surface area contributed by atoms with Crippen LogP contribution in [0, 0.1) is 0 Å². The molecule has 0 radical (unpaired) electrons. The number of hydrogen-bond acceptors (Lipinski definition) is 7. The summed E-state index contributed by atoms with van der Waals surface area (Å²) >= 11 is 1.42. The van der Waals surface area contributed by atoms with Crippen LogP contribution >= 0.6 is 11.3 Å². The lowest BCUT2D eigenvalue weighted by Gasteiger charge is -2.34. The highest BCUT2D eigenvalue weighted by Gasteiger charge is 2.23. The lowest BCUT2D eigenvalue weighted by Crippen LogP contribution is -2.51. The molecule has 1 aromatic carbocycles. The minimum Gasteiger partial charge on any atom is -0.497 e. The summed E-state index contributed by atoms with van der Waals surface area (Å²) < 4.78 is 5.19. The van der Waals surface area contributed by atoms with Crippen LogP contribution in [0.2, 0.25) is 0 Å². The van der Waals surface area contributed by atoms with E-state index in [1.807, 2.05) is 34.5 Å². The topological polar surface area (TPSA) is 78.0 Å². The highest BCUT2D eigenvalue weighted by Crippen LogP contribution is 2.26. The van der Waals surface area contributed by atoms with Crippen molar-refractivity contribution in [3.63, 3.8) is 0 Å². The molecule has 2 saturated heterocycles. The summed E-state index contributed by atoms with van der Waals surface area (Å²) in [6.07, 6.45) is 4.70. The van der Waals surface area contributed by atoms with E-state index < -0.39 is 0 Å². The molecule has 1 aromatic heterocycles. The Kier molecular flexibility index (Phi) is 8.30. The molecule has 2 fully saturated rings. The molecule has 1 N–H and O–H groups in total. The molecule has 0 unspecified atom stereocenters. The van der Waals surface area contributed by atoms with Crippen molar-refractivity contribution in [3.05, 3.63) is 29.6 Å². The van der Waals surface area contributed by atoms with Gasteiger partial charge in [-0.1, -0.05) is 12.8 Å². The van der Waals surface area contributed by atoms with E-state index in [0.29, 0.717) is 18.2 Å². The summed E-state index contributed by atoms with van der Waals surface area (Å²) in [7, 11) is 1.64. The summed E-state index contributed by atoms with van der Waals surface area (Å²) in [6.45, 7) is 5.83. The van der Waals surface area contributed by atoms with E-state index in [-0.39, 0.29) is 11.8 Å². The van der Waals surface area contributed by atoms with Crippen LogP contribution in [0.5, 0.6) is 5.75 Å². The lowest BCUT2D eigenvalue weighted by atomic mass is 10.2. The molecular weight excluding hydrogens is 438 g/mol. The summed E-state index contributed by atoms with van der Waals surface area (Å²) in [4.78, 5) is 36.1. The monoisotopic (exact) mass is 471 g/mol. The van der Waals surface area contributed by atoms with Gasteiger partial charge in [0, 0.05) is 50.2 Å². The number of nitrogens with zero attached hydrogens (tertiary/aromatic N) is 4. The molecule has 0 aliphatic carbocycles. The van der Waals surface area contributed by atoms with Gasteiger partial charge in [0.25, 0.3) is 0 Å². The fraction of sp³-hybridized carbons (Fsp3) is 0.542. The van der Waals surface area contributed by atoms with Crippen LogP contribution in [-0.2, 0) is 9.59 Å². The molecule has 178 valence electrons. The highest BCUT2D eigenvalue weighted by atomic mass is 32.1. The molecule has 0 bridgehead atoms. The molecule has 2 aromatic rings. The second-order valence-electron chi connectivity index (χ2n) is 8.66. The predicted octanol–water partition coefficient (Wildman–Crippen LogP) is 2.78. The molecule has 0 saturated carbocycles. The van der Waals surface area contributed by atoms with Gasteiger partial charge in [0.05, 0.1) is 25.9 Å². The van der Waals surface area contributed by atoms with Crippen LogP contribution in [0.4, 0.5) is 5.13 Å². The van der Waals surface area contributed by atoms with Crippen molar-refractivity contribution >= 4 is 28.3 Å². The maximum atomic E-state index is 12.6. The molecule has 0 atom stereocenters. The number of amides is 2. The van der Waals surface area contributed by atoms with Crippen molar-refractivity contribution in [3.8, 4) is 17.0 Å². The van der Waals surface area contributed by atoms with E-state index in [1.165, 1.54) is 24.2 Å². The Balaban J connectivity index is 1.19. The third-order valence-corrected chi connectivity index (χ3v) is 7.04. The van der Waals surface area contributed by atoms with E-state index in [2.05, 4.69) is 20.1 Å². The maximum absolute atomic E-state index is 12.6. The van der Waals surface area contributed by atoms with E-state index in [4.69, 9.17) is 4.74 Å². The van der Waals surface area contributed by atoms with Gasteiger partial charge in [-0.05, 0) is 37.1 Å². The summed E-state index contributed by atoms with van der Waals surface area (Å²) in [5, 5.41) is 5.47. The Hall–Kier alpha value is -2.49. The molecule has 4 rings (SSSR count).